The molecule has 0 aliphatic heterocycles. The summed E-state index contributed by atoms with van der Waals surface area (Å²) in [6.45, 7) is 3.30. The van der Waals surface area contributed by atoms with Crippen LogP contribution in [0.1, 0.15) is 245 Å². The van der Waals surface area contributed by atoms with Crippen molar-refractivity contribution in [2.45, 2.75) is 288 Å². The Morgan fingerprint density at radius 3 is 1.18 bits per heavy atom. The first-order chi connectivity index (χ1) is 32.4. The summed E-state index contributed by atoms with van der Waals surface area (Å²) in [6.07, 6.45) is 36.8. The van der Waals surface area contributed by atoms with Gasteiger partial charge in [0.2, 0.25) is 0 Å². The molecule has 0 radical (unpaired) electrons. The zero-order chi connectivity index (χ0) is 49.2. The summed E-state index contributed by atoms with van der Waals surface area (Å²) >= 11 is 0. The molecule has 394 valence electrons. The molecular weight excluding hydrogens is 876 g/mol. The number of carbonyl (C=O) groups is 2. The third-order valence-corrected chi connectivity index (χ3v) is 13.8. The first-order valence-electron chi connectivity index (χ1n) is 27.1. The average molecular weight is 975 g/mol. The van der Waals surface area contributed by atoms with Crippen molar-refractivity contribution in [3.05, 3.63) is 24.3 Å². The lowest BCUT2D eigenvalue weighted by molar-refractivity contribution is -0.220. The van der Waals surface area contributed by atoms with Crippen LogP contribution in [0.15, 0.2) is 24.3 Å². The van der Waals surface area contributed by atoms with Crippen LogP contribution in [0.2, 0.25) is 0 Å². The Bertz CT molecular complexity index is 1270. The summed E-state index contributed by atoms with van der Waals surface area (Å²) in [4.78, 5) is 35.8. The first-order valence-corrected chi connectivity index (χ1v) is 28.6. The molecule has 6 unspecified atom stereocenters. The van der Waals surface area contributed by atoms with E-state index in [1.807, 2.05) is 0 Å². The maximum Gasteiger partial charge on any atom is 0.472 e. The minimum Gasteiger partial charge on any atom is -0.462 e. The van der Waals surface area contributed by atoms with Gasteiger partial charge in [-0.1, -0.05) is 199 Å². The zero-order valence-electron chi connectivity index (χ0n) is 42.2. The van der Waals surface area contributed by atoms with Crippen molar-refractivity contribution < 1.29 is 63.1 Å². The van der Waals surface area contributed by atoms with Gasteiger partial charge < -0.3 is 39.9 Å². The lowest BCUT2D eigenvalue weighted by Gasteiger charge is -2.41. The summed E-state index contributed by atoms with van der Waals surface area (Å²) < 4.78 is 33.6. The number of allylic oxidation sites excluding steroid dienone is 4. The second kappa shape index (κ2) is 43.1. The molecule has 1 aliphatic rings. The molecule has 67 heavy (non-hydrogen) atoms. The maximum absolute atomic E-state index is 12.9. The van der Waals surface area contributed by atoms with E-state index in [9.17, 15) is 44.6 Å². The Hall–Kier alpha value is -1.67. The predicted molar refractivity (Wildman–Crippen MR) is 267 cm³/mol. The maximum atomic E-state index is 12.9. The molecule has 6 N–H and O–H groups in total. The molecule has 8 atom stereocenters. The molecule has 0 heterocycles. The Morgan fingerprint density at radius 2 is 0.776 bits per heavy atom. The fourth-order valence-electron chi connectivity index (χ4n) is 8.41. The molecule has 0 aromatic carbocycles. The standard InChI is InChI=1S/C53H99O13P/c1-3-5-7-9-11-13-15-17-19-20-21-22-23-24-25-26-28-30-32-34-36-38-40-42-47(55)65-45(44-64-67(61,62)66-53-51(59)49(57)48(56)50(58)52(53)60)43-63-46(54)41-39-37-35-33-31-29-27-18-16-14-12-10-8-6-4-2/h31,33-34,36,45,48-53,56-60H,3-30,32,35,37-44H2,1-2H3,(H,61,62)/b33-31+,36-34+/t45-,48?,49-,50?,51?,52?,53?/m1/s1. The Labute approximate surface area is 406 Å². The van der Waals surface area contributed by atoms with Gasteiger partial charge in [0.25, 0.3) is 0 Å². The number of hydrogen-bond donors (Lipinski definition) is 6. The van der Waals surface area contributed by atoms with E-state index < -0.39 is 75.7 Å². The fourth-order valence-corrected chi connectivity index (χ4v) is 9.38. The molecule has 0 aromatic heterocycles. The second-order valence-corrected chi connectivity index (χ2v) is 20.5. The van der Waals surface area contributed by atoms with Gasteiger partial charge in [-0.3, -0.25) is 18.6 Å². The summed E-state index contributed by atoms with van der Waals surface area (Å²) in [5, 5.41) is 50.3. The van der Waals surface area contributed by atoms with Crippen molar-refractivity contribution in [3.63, 3.8) is 0 Å². The fraction of sp³-hybridized carbons (Fsp3) is 0.887. The Balaban J connectivity index is 2.37. The molecule has 14 heteroatoms. The molecule has 0 bridgehead atoms. The van der Waals surface area contributed by atoms with Crippen LogP contribution in [0, 0.1) is 0 Å². The minimum atomic E-state index is -5.13. The van der Waals surface area contributed by atoms with E-state index in [0.29, 0.717) is 19.3 Å². The van der Waals surface area contributed by atoms with Gasteiger partial charge in [-0.2, -0.15) is 0 Å². The summed E-state index contributed by atoms with van der Waals surface area (Å²) in [5.74, 6) is -1.15. The van der Waals surface area contributed by atoms with Crippen LogP contribution in [-0.4, -0.2) is 98.3 Å². The van der Waals surface area contributed by atoms with Crippen molar-refractivity contribution >= 4 is 19.8 Å². The van der Waals surface area contributed by atoms with E-state index in [-0.39, 0.29) is 12.8 Å². The summed E-state index contributed by atoms with van der Waals surface area (Å²) in [6, 6.07) is 0. The van der Waals surface area contributed by atoms with E-state index >= 15 is 0 Å². The lowest BCUT2D eigenvalue weighted by Crippen LogP contribution is -2.64. The van der Waals surface area contributed by atoms with Crippen LogP contribution >= 0.6 is 7.82 Å². The molecule has 1 aliphatic carbocycles. The van der Waals surface area contributed by atoms with Gasteiger partial charge in [0.05, 0.1) is 6.61 Å². The van der Waals surface area contributed by atoms with Crippen molar-refractivity contribution in [2.75, 3.05) is 13.2 Å². The number of aliphatic hydroxyl groups is 5. The predicted octanol–water partition coefficient (Wildman–Crippen LogP) is 12.0. The van der Waals surface area contributed by atoms with E-state index in [1.54, 1.807) is 0 Å². The third-order valence-electron chi connectivity index (χ3n) is 12.8. The monoisotopic (exact) mass is 975 g/mol. The Morgan fingerprint density at radius 1 is 0.448 bits per heavy atom. The van der Waals surface area contributed by atoms with Crippen molar-refractivity contribution in [3.8, 4) is 0 Å². The van der Waals surface area contributed by atoms with Crippen LogP contribution < -0.4 is 0 Å². The van der Waals surface area contributed by atoms with E-state index in [0.717, 1.165) is 32.1 Å². The summed E-state index contributed by atoms with van der Waals surface area (Å²) in [7, 11) is -5.13. The molecule has 0 amide bonds. The smallest absolute Gasteiger partial charge is 0.462 e. The molecule has 1 rings (SSSR count). The zero-order valence-corrected chi connectivity index (χ0v) is 43.1. The van der Waals surface area contributed by atoms with Gasteiger partial charge in [-0.25, -0.2) is 4.57 Å². The van der Waals surface area contributed by atoms with Crippen LogP contribution in [0.4, 0.5) is 0 Å². The number of unbranched alkanes of at least 4 members (excludes halogenated alkanes) is 30. The normalized spacial score (nSPS) is 21.3. The number of aliphatic hydroxyl groups excluding tert-OH is 5. The largest absolute Gasteiger partial charge is 0.472 e. The van der Waals surface area contributed by atoms with Crippen LogP contribution in [0.5, 0.6) is 0 Å². The highest BCUT2D eigenvalue weighted by molar-refractivity contribution is 7.47. The topological polar surface area (TPSA) is 210 Å². The van der Waals surface area contributed by atoms with Gasteiger partial charge >= 0.3 is 19.8 Å². The van der Waals surface area contributed by atoms with E-state index in [1.165, 1.54) is 167 Å². The van der Waals surface area contributed by atoms with Crippen molar-refractivity contribution in [1.82, 2.24) is 0 Å². The molecule has 1 saturated carbocycles. The minimum absolute atomic E-state index is 0.0481. The lowest BCUT2D eigenvalue weighted by atomic mass is 9.85. The van der Waals surface area contributed by atoms with Gasteiger partial charge in [-0.15, -0.1) is 0 Å². The highest BCUT2D eigenvalue weighted by atomic mass is 31.2. The average Bonchev–Trinajstić information content (AvgIpc) is 3.31. The van der Waals surface area contributed by atoms with E-state index in [4.69, 9.17) is 18.5 Å². The first kappa shape index (κ1) is 63.3. The number of phosphoric ester groups is 1. The van der Waals surface area contributed by atoms with Crippen LogP contribution in [-0.2, 0) is 32.7 Å². The number of hydrogen-bond acceptors (Lipinski definition) is 12. The SMILES string of the molecule is CCCCCCCCCCC/C=C/CCCCC(=O)OC[C@H](COP(=O)(O)OC1C(O)C(O)C(O)[C@@H](O)C1O)OC(=O)CCC/C=C/CCCCCCCCCCCCCCCCCCCC. The van der Waals surface area contributed by atoms with E-state index in [2.05, 4.69) is 38.2 Å². The number of carbonyl (C=O) groups excluding carboxylic acids is 2. The third kappa shape index (κ3) is 35.1. The van der Waals surface area contributed by atoms with Crippen molar-refractivity contribution in [2.24, 2.45) is 0 Å². The van der Waals surface area contributed by atoms with Gasteiger partial charge in [0.1, 0.15) is 43.2 Å². The quantitative estimate of drug-likeness (QED) is 0.0145. The molecule has 13 nitrogen and oxygen atoms in total. The molecule has 0 aromatic rings. The summed E-state index contributed by atoms with van der Waals surface area (Å²) in [5.41, 5.74) is 0. The molecule has 1 fully saturated rings. The van der Waals surface area contributed by atoms with Gasteiger partial charge in [0.15, 0.2) is 6.10 Å². The highest BCUT2D eigenvalue weighted by Crippen LogP contribution is 2.47. The Kier molecular flexibility index (Phi) is 40.8. The molecule has 0 saturated heterocycles. The second-order valence-electron chi connectivity index (χ2n) is 19.1. The van der Waals surface area contributed by atoms with Gasteiger partial charge in [-0.05, 0) is 57.8 Å². The van der Waals surface area contributed by atoms with Gasteiger partial charge in [0, 0.05) is 12.8 Å². The molecule has 0 spiro atoms. The molecular formula is C53H99O13P. The number of phosphoric acid groups is 1. The number of rotatable bonds is 46. The van der Waals surface area contributed by atoms with Crippen molar-refractivity contribution in [1.29, 1.82) is 0 Å². The number of ether oxygens (including phenoxy) is 2. The highest BCUT2D eigenvalue weighted by Gasteiger charge is 2.51. The van der Waals surface area contributed by atoms with Crippen LogP contribution in [0.25, 0.3) is 0 Å². The van der Waals surface area contributed by atoms with Crippen LogP contribution in [0.3, 0.4) is 0 Å². The number of esters is 2.